The minimum Gasteiger partial charge on any atom is -0.383 e. The van der Waals surface area contributed by atoms with Gasteiger partial charge < -0.3 is 5.73 Å². The van der Waals surface area contributed by atoms with Gasteiger partial charge in [-0.15, -0.1) is 11.3 Å². The number of nitrogens with two attached hydrogens (primary N) is 1. The highest BCUT2D eigenvalue weighted by Gasteiger charge is 1.97. The molecule has 0 aromatic carbocycles. The Balaban J connectivity index is 2.69. The van der Waals surface area contributed by atoms with E-state index in [1.54, 1.807) is 16.8 Å². The summed E-state index contributed by atoms with van der Waals surface area (Å²) < 4.78 is 0. The van der Waals surface area contributed by atoms with Crippen molar-refractivity contribution in [3.63, 3.8) is 0 Å². The van der Waals surface area contributed by atoms with Crippen LogP contribution >= 0.6 is 11.3 Å². The van der Waals surface area contributed by atoms with Crippen LogP contribution in [-0.2, 0) is 6.42 Å². The largest absolute Gasteiger partial charge is 0.383 e. The zero-order chi connectivity index (χ0) is 6.69. The fourth-order valence-electron chi connectivity index (χ4n) is 0.693. The maximum atomic E-state index is 5.53. The second-order valence-corrected chi connectivity index (χ2v) is 2.85. The number of nitrogens with zero attached hydrogens (tertiary/aromatic N) is 1. The maximum Gasteiger partial charge on any atom is 0.137 e. The molecule has 0 radical (unpaired) electrons. The van der Waals surface area contributed by atoms with E-state index in [0.717, 1.165) is 12.8 Å². The average Bonchev–Trinajstić information content (AvgIpc) is 2.18. The summed E-state index contributed by atoms with van der Waals surface area (Å²) in [4.78, 5) is 5.15. The number of hydrogen-bond donors (Lipinski definition) is 1. The average molecular weight is 142 g/mol. The Morgan fingerprint density at radius 1 is 1.78 bits per heavy atom. The first-order valence-electron chi connectivity index (χ1n) is 3.02. The normalized spacial score (nSPS) is 9.89. The molecule has 0 spiro atoms. The second kappa shape index (κ2) is 2.82. The molecule has 0 amide bonds. The van der Waals surface area contributed by atoms with Crippen molar-refractivity contribution in [2.75, 3.05) is 5.73 Å². The number of thiazole rings is 1. The summed E-state index contributed by atoms with van der Waals surface area (Å²) in [5, 5.41) is 0. The summed E-state index contributed by atoms with van der Waals surface area (Å²) >= 11 is 1.64. The van der Waals surface area contributed by atoms with Gasteiger partial charge in [0.2, 0.25) is 0 Å². The van der Waals surface area contributed by atoms with Crippen LogP contribution in [0.5, 0.6) is 0 Å². The van der Waals surface area contributed by atoms with E-state index in [2.05, 4.69) is 11.9 Å². The number of aryl methyl sites for hydroxylation is 1. The lowest BCUT2D eigenvalue weighted by atomic mass is 10.3. The first-order valence-corrected chi connectivity index (χ1v) is 3.90. The van der Waals surface area contributed by atoms with Crippen molar-refractivity contribution in [2.24, 2.45) is 0 Å². The monoisotopic (exact) mass is 142 g/mol. The highest BCUT2D eigenvalue weighted by atomic mass is 32.1. The lowest BCUT2D eigenvalue weighted by Crippen LogP contribution is -1.89. The number of anilines is 1. The molecule has 1 aromatic heterocycles. The van der Waals surface area contributed by atoms with Crippen LogP contribution in [0.1, 0.15) is 18.2 Å². The number of hydrogen-bond acceptors (Lipinski definition) is 3. The molecule has 2 N–H and O–H groups in total. The van der Waals surface area contributed by atoms with Gasteiger partial charge in [-0.3, -0.25) is 0 Å². The quantitative estimate of drug-likeness (QED) is 0.682. The summed E-state index contributed by atoms with van der Waals surface area (Å²) in [7, 11) is 0. The molecule has 2 nitrogen and oxygen atoms in total. The van der Waals surface area contributed by atoms with E-state index < -0.39 is 0 Å². The van der Waals surface area contributed by atoms with Crippen molar-refractivity contribution in [3.05, 3.63) is 10.4 Å². The first kappa shape index (κ1) is 6.55. The standard InChI is InChI=1S/C6H10N2S/c1-2-3-5-6(7)8-4-9-5/h4H,2-3,7H2,1H3. The van der Waals surface area contributed by atoms with Crippen molar-refractivity contribution >= 4 is 17.2 Å². The Morgan fingerprint density at radius 2 is 2.56 bits per heavy atom. The van der Waals surface area contributed by atoms with Crippen LogP contribution < -0.4 is 5.73 Å². The third kappa shape index (κ3) is 1.42. The SMILES string of the molecule is CCCc1scnc1N. The van der Waals surface area contributed by atoms with Gasteiger partial charge in [0, 0.05) is 4.88 Å². The van der Waals surface area contributed by atoms with Crippen LogP contribution in [0, 0.1) is 0 Å². The Morgan fingerprint density at radius 3 is 3.00 bits per heavy atom. The van der Waals surface area contributed by atoms with Gasteiger partial charge in [0.25, 0.3) is 0 Å². The summed E-state index contributed by atoms with van der Waals surface area (Å²) in [5.41, 5.74) is 7.32. The molecular formula is C6H10N2S. The summed E-state index contributed by atoms with van der Waals surface area (Å²) in [5.74, 6) is 0.710. The Hall–Kier alpha value is -0.570. The maximum absolute atomic E-state index is 5.53. The van der Waals surface area contributed by atoms with Crippen LogP contribution in [0.3, 0.4) is 0 Å². The second-order valence-electron chi connectivity index (χ2n) is 1.91. The van der Waals surface area contributed by atoms with E-state index in [9.17, 15) is 0 Å². The Bertz CT molecular complexity index is 183. The predicted molar refractivity (Wildman–Crippen MR) is 40.5 cm³/mol. The molecule has 1 heterocycles. The lowest BCUT2D eigenvalue weighted by Gasteiger charge is -1.90. The van der Waals surface area contributed by atoms with Crippen molar-refractivity contribution in [3.8, 4) is 0 Å². The molecule has 0 saturated carbocycles. The van der Waals surface area contributed by atoms with Gasteiger partial charge in [0.15, 0.2) is 0 Å². The van der Waals surface area contributed by atoms with Crippen molar-refractivity contribution < 1.29 is 0 Å². The van der Waals surface area contributed by atoms with Crippen molar-refractivity contribution in [2.45, 2.75) is 19.8 Å². The van der Waals surface area contributed by atoms with E-state index in [1.807, 2.05) is 0 Å². The summed E-state index contributed by atoms with van der Waals surface area (Å²) in [6.07, 6.45) is 2.21. The van der Waals surface area contributed by atoms with Gasteiger partial charge in [-0.25, -0.2) is 4.98 Å². The predicted octanol–water partition coefficient (Wildman–Crippen LogP) is 1.68. The van der Waals surface area contributed by atoms with Crippen LogP contribution in [0.4, 0.5) is 5.82 Å². The van der Waals surface area contributed by atoms with E-state index in [1.165, 1.54) is 4.88 Å². The van der Waals surface area contributed by atoms with Gasteiger partial charge in [-0.05, 0) is 6.42 Å². The molecule has 0 atom stereocenters. The van der Waals surface area contributed by atoms with E-state index >= 15 is 0 Å². The molecular weight excluding hydrogens is 132 g/mol. The number of rotatable bonds is 2. The van der Waals surface area contributed by atoms with E-state index in [-0.39, 0.29) is 0 Å². The topological polar surface area (TPSA) is 38.9 Å². The molecule has 50 valence electrons. The fraction of sp³-hybridized carbons (Fsp3) is 0.500. The Kier molecular flexibility index (Phi) is 2.05. The highest BCUT2D eigenvalue weighted by Crippen LogP contribution is 2.16. The van der Waals surface area contributed by atoms with Crippen LogP contribution in [0.15, 0.2) is 5.51 Å². The molecule has 0 saturated heterocycles. The van der Waals surface area contributed by atoms with Crippen molar-refractivity contribution in [1.82, 2.24) is 4.98 Å². The minimum atomic E-state index is 0.710. The molecule has 1 aromatic rings. The molecule has 0 aliphatic carbocycles. The zero-order valence-corrected chi connectivity index (χ0v) is 6.24. The van der Waals surface area contributed by atoms with Crippen LogP contribution in [0.25, 0.3) is 0 Å². The number of nitrogen functional groups attached to an aromatic ring is 1. The van der Waals surface area contributed by atoms with Gasteiger partial charge in [-0.2, -0.15) is 0 Å². The molecule has 0 aliphatic rings. The molecule has 0 fully saturated rings. The summed E-state index contributed by atoms with van der Waals surface area (Å²) in [6.45, 7) is 2.14. The van der Waals surface area contributed by atoms with Crippen molar-refractivity contribution in [1.29, 1.82) is 0 Å². The lowest BCUT2D eigenvalue weighted by molar-refractivity contribution is 0.939. The molecule has 0 unspecified atom stereocenters. The third-order valence-corrected chi connectivity index (χ3v) is 2.06. The van der Waals surface area contributed by atoms with E-state index in [0.29, 0.717) is 5.82 Å². The Labute approximate surface area is 58.7 Å². The smallest absolute Gasteiger partial charge is 0.137 e. The molecule has 9 heavy (non-hydrogen) atoms. The van der Waals surface area contributed by atoms with Gasteiger partial charge in [0.1, 0.15) is 5.82 Å². The molecule has 3 heteroatoms. The summed E-state index contributed by atoms with van der Waals surface area (Å²) in [6, 6.07) is 0. The van der Waals surface area contributed by atoms with Gasteiger partial charge >= 0.3 is 0 Å². The van der Waals surface area contributed by atoms with Crippen LogP contribution in [-0.4, -0.2) is 4.98 Å². The van der Waals surface area contributed by atoms with Crippen LogP contribution in [0.2, 0.25) is 0 Å². The molecule has 0 bridgehead atoms. The first-order chi connectivity index (χ1) is 4.34. The van der Waals surface area contributed by atoms with Gasteiger partial charge in [-0.1, -0.05) is 13.3 Å². The van der Waals surface area contributed by atoms with Gasteiger partial charge in [0.05, 0.1) is 5.51 Å². The molecule has 1 rings (SSSR count). The number of aromatic nitrogens is 1. The zero-order valence-electron chi connectivity index (χ0n) is 5.42. The molecule has 0 aliphatic heterocycles. The minimum absolute atomic E-state index is 0.710. The van der Waals surface area contributed by atoms with E-state index in [4.69, 9.17) is 5.73 Å². The fourth-order valence-corrected chi connectivity index (χ4v) is 1.48. The highest BCUT2D eigenvalue weighted by molar-refractivity contribution is 7.10. The third-order valence-electron chi connectivity index (χ3n) is 1.15.